The summed E-state index contributed by atoms with van der Waals surface area (Å²) in [5, 5.41) is 5.59. The molecule has 0 radical (unpaired) electrons. The summed E-state index contributed by atoms with van der Waals surface area (Å²) >= 11 is 0. The molecule has 1 amide bonds. The SMILES string of the molecule is O=C1Nc2cnc(F)cc2N2CCN(C/C=C\CC(F)CNc3nccc1n3)CC2. The molecular weight excluding hydrogens is 392 g/mol. The van der Waals surface area contributed by atoms with E-state index in [0.29, 0.717) is 24.5 Å². The molecule has 2 N–H and O–H groups in total. The van der Waals surface area contributed by atoms with Gasteiger partial charge in [-0.3, -0.25) is 9.69 Å². The summed E-state index contributed by atoms with van der Waals surface area (Å²) in [5.74, 6) is -0.916. The molecule has 0 spiro atoms. The first-order valence-corrected chi connectivity index (χ1v) is 9.88. The quantitative estimate of drug-likeness (QED) is 0.503. The zero-order valence-electron chi connectivity index (χ0n) is 16.4. The Morgan fingerprint density at radius 3 is 2.80 bits per heavy atom. The van der Waals surface area contributed by atoms with E-state index in [9.17, 15) is 13.6 Å². The summed E-state index contributed by atoms with van der Waals surface area (Å²) in [7, 11) is 0. The number of piperazine rings is 1. The molecule has 5 rings (SSSR count). The van der Waals surface area contributed by atoms with E-state index in [4.69, 9.17) is 0 Å². The Balaban J connectivity index is 1.63. The Labute approximate surface area is 173 Å². The number of anilines is 3. The second-order valence-electron chi connectivity index (χ2n) is 7.22. The van der Waals surface area contributed by atoms with Crippen molar-refractivity contribution in [2.75, 3.05) is 54.8 Å². The average Bonchev–Trinajstić information content (AvgIpc) is 2.76. The molecule has 2 aromatic rings. The highest BCUT2D eigenvalue weighted by Crippen LogP contribution is 2.27. The maximum atomic E-state index is 14.1. The summed E-state index contributed by atoms with van der Waals surface area (Å²) in [6, 6.07) is 2.79. The Morgan fingerprint density at radius 1 is 1.13 bits per heavy atom. The molecule has 1 saturated heterocycles. The van der Waals surface area contributed by atoms with Crippen LogP contribution in [0.2, 0.25) is 0 Å². The fraction of sp³-hybridized carbons (Fsp3) is 0.400. The molecule has 8 nitrogen and oxygen atoms in total. The first kappa shape index (κ1) is 20.1. The third-order valence-electron chi connectivity index (χ3n) is 5.10. The summed E-state index contributed by atoms with van der Waals surface area (Å²) in [4.78, 5) is 28.9. The fourth-order valence-corrected chi connectivity index (χ4v) is 3.46. The van der Waals surface area contributed by atoms with E-state index in [1.54, 1.807) is 0 Å². The van der Waals surface area contributed by atoms with Crippen LogP contribution < -0.4 is 15.5 Å². The number of pyridine rings is 1. The molecule has 158 valence electrons. The van der Waals surface area contributed by atoms with Gasteiger partial charge in [-0.2, -0.15) is 4.39 Å². The Bertz CT molecular complexity index is 931. The van der Waals surface area contributed by atoms with E-state index in [0.717, 1.165) is 19.6 Å². The van der Waals surface area contributed by atoms with E-state index in [1.165, 1.54) is 24.5 Å². The minimum absolute atomic E-state index is 0.0418. The predicted molar refractivity (Wildman–Crippen MR) is 110 cm³/mol. The van der Waals surface area contributed by atoms with Crippen molar-refractivity contribution in [1.29, 1.82) is 0 Å². The van der Waals surface area contributed by atoms with Crippen molar-refractivity contribution in [3.63, 3.8) is 0 Å². The highest BCUT2D eigenvalue weighted by Gasteiger charge is 2.21. The van der Waals surface area contributed by atoms with Gasteiger partial charge in [0.15, 0.2) is 0 Å². The van der Waals surface area contributed by atoms with E-state index in [1.807, 2.05) is 17.1 Å². The minimum Gasteiger partial charge on any atom is -0.367 e. The number of aromatic nitrogens is 3. The van der Waals surface area contributed by atoms with Gasteiger partial charge in [0.05, 0.1) is 17.6 Å². The van der Waals surface area contributed by atoms with E-state index >= 15 is 0 Å². The molecule has 3 aliphatic heterocycles. The topological polar surface area (TPSA) is 86.3 Å². The second-order valence-corrected chi connectivity index (χ2v) is 7.22. The van der Waals surface area contributed by atoms with Crippen molar-refractivity contribution < 1.29 is 13.6 Å². The molecule has 0 aromatic carbocycles. The molecule has 2 aromatic heterocycles. The maximum absolute atomic E-state index is 14.1. The monoisotopic (exact) mass is 415 g/mol. The van der Waals surface area contributed by atoms with Crippen LogP contribution in [-0.2, 0) is 0 Å². The van der Waals surface area contributed by atoms with Gasteiger partial charge in [-0.05, 0) is 12.5 Å². The molecule has 30 heavy (non-hydrogen) atoms. The van der Waals surface area contributed by atoms with Crippen LogP contribution in [0, 0.1) is 5.95 Å². The van der Waals surface area contributed by atoms with Gasteiger partial charge in [0.25, 0.3) is 5.91 Å². The van der Waals surface area contributed by atoms with Crippen molar-refractivity contribution in [1.82, 2.24) is 19.9 Å². The lowest BCUT2D eigenvalue weighted by atomic mass is 10.2. The highest BCUT2D eigenvalue weighted by molar-refractivity contribution is 6.04. The number of amides is 1. The maximum Gasteiger partial charge on any atom is 0.274 e. The Hall–Kier alpha value is -3.14. The Kier molecular flexibility index (Phi) is 6.12. The number of allylic oxidation sites excluding steroid dienone is 1. The fourth-order valence-electron chi connectivity index (χ4n) is 3.46. The molecular formula is C20H23F2N7O. The van der Waals surface area contributed by atoms with Crippen LogP contribution in [0.15, 0.2) is 36.7 Å². The van der Waals surface area contributed by atoms with Crippen molar-refractivity contribution in [3.05, 3.63) is 48.3 Å². The van der Waals surface area contributed by atoms with Gasteiger partial charge in [-0.15, -0.1) is 0 Å². The standard InChI is InChI=1S/C20H23F2N7O/c21-14-3-1-2-6-28-7-9-29(10-8-28)17-11-18(22)24-13-16(17)26-19(30)15-4-5-23-20(27-15)25-12-14/h1-2,4-5,11,13-14H,3,6-10,12H2,(H,26,30)(H,23,25,27)/b2-1-. The molecule has 5 heterocycles. The third kappa shape index (κ3) is 4.88. The number of rotatable bonds is 0. The molecule has 10 heteroatoms. The predicted octanol–water partition coefficient (Wildman–Crippen LogP) is 2.09. The minimum atomic E-state index is -1.09. The van der Waals surface area contributed by atoms with Crippen LogP contribution in [0.25, 0.3) is 0 Å². The number of nitrogens with one attached hydrogen (secondary N) is 2. The molecule has 0 saturated carbocycles. The molecule has 1 fully saturated rings. The van der Waals surface area contributed by atoms with Crippen LogP contribution in [0.4, 0.5) is 26.1 Å². The van der Waals surface area contributed by atoms with Crippen molar-refractivity contribution >= 4 is 23.2 Å². The lowest BCUT2D eigenvalue weighted by molar-refractivity contribution is 0.102. The van der Waals surface area contributed by atoms with Gasteiger partial charge in [-0.25, -0.2) is 19.3 Å². The average molecular weight is 415 g/mol. The van der Waals surface area contributed by atoms with Gasteiger partial charge in [0.2, 0.25) is 11.9 Å². The molecule has 1 atom stereocenters. The number of fused-ring (bicyclic) bond motifs is 8. The summed E-state index contributed by atoms with van der Waals surface area (Å²) in [6.07, 6.45) is 5.74. The van der Waals surface area contributed by atoms with Gasteiger partial charge in [0, 0.05) is 51.5 Å². The zero-order chi connectivity index (χ0) is 20.9. The normalized spacial score (nSPS) is 23.5. The largest absolute Gasteiger partial charge is 0.367 e. The van der Waals surface area contributed by atoms with Crippen molar-refractivity contribution in [3.8, 4) is 0 Å². The molecule has 1 unspecified atom stereocenters. The Morgan fingerprint density at radius 2 is 1.97 bits per heavy atom. The van der Waals surface area contributed by atoms with E-state index in [-0.39, 0.29) is 24.6 Å². The van der Waals surface area contributed by atoms with Gasteiger partial charge in [-0.1, -0.05) is 12.2 Å². The van der Waals surface area contributed by atoms with Crippen molar-refractivity contribution in [2.24, 2.45) is 0 Å². The molecule has 4 bridgehead atoms. The van der Waals surface area contributed by atoms with Crippen LogP contribution in [0.1, 0.15) is 16.9 Å². The van der Waals surface area contributed by atoms with Gasteiger partial charge in [0.1, 0.15) is 11.9 Å². The number of nitrogens with zero attached hydrogens (tertiary/aromatic N) is 5. The van der Waals surface area contributed by atoms with Crippen LogP contribution >= 0.6 is 0 Å². The summed E-state index contributed by atoms with van der Waals surface area (Å²) in [6.45, 7) is 3.67. The smallest absolute Gasteiger partial charge is 0.274 e. The van der Waals surface area contributed by atoms with E-state index < -0.39 is 18.0 Å². The van der Waals surface area contributed by atoms with Crippen LogP contribution in [0.5, 0.6) is 0 Å². The van der Waals surface area contributed by atoms with Gasteiger partial charge >= 0.3 is 0 Å². The lowest BCUT2D eigenvalue weighted by Gasteiger charge is -2.36. The number of halogens is 2. The second kappa shape index (κ2) is 9.12. The highest BCUT2D eigenvalue weighted by atomic mass is 19.1. The number of alkyl halides is 1. The first-order chi connectivity index (χ1) is 14.6. The third-order valence-corrected chi connectivity index (χ3v) is 5.10. The van der Waals surface area contributed by atoms with Crippen LogP contribution in [-0.4, -0.2) is 71.2 Å². The first-order valence-electron chi connectivity index (χ1n) is 9.88. The lowest BCUT2D eigenvalue weighted by Crippen LogP contribution is -2.46. The van der Waals surface area contributed by atoms with Crippen molar-refractivity contribution in [2.45, 2.75) is 12.6 Å². The van der Waals surface area contributed by atoms with E-state index in [2.05, 4.69) is 30.5 Å². The van der Waals surface area contributed by atoms with Crippen LogP contribution in [0.3, 0.4) is 0 Å². The number of hydrogen-bond acceptors (Lipinski definition) is 7. The number of carbonyl (C=O) groups excluding carboxylic acids is 1. The number of hydrogen-bond donors (Lipinski definition) is 2. The summed E-state index contributed by atoms with van der Waals surface area (Å²) in [5.41, 5.74) is 1.11. The zero-order valence-corrected chi connectivity index (χ0v) is 16.4. The van der Waals surface area contributed by atoms with Gasteiger partial charge < -0.3 is 15.5 Å². The number of carbonyl (C=O) groups is 1. The molecule has 0 aliphatic carbocycles. The molecule has 3 aliphatic rings. The summed E-state index contributed by atoms with van der Waals surface area (Å²) < 4.78 is 28.0.